The van der Waals surface area contributed by atoms with E-state index < -0.39 is 11.8 Å². The van der Waals surface area contributed by atoms with Crippen LogP contribution in [-0.2, 0) is 0 Å². The van der Waals surface area contributed by atoms with Gasteiger partial charge in [-0.15, -0.1) is 0 Å². The SMILES string of the molecule is CC1CNC(=O)c2cc3ccc(C(=O)Nc4ccccc4C(N)=O)nc3n21. The van der Waals surface area contributed by atoms with Gasteiger partial charge in [0.25, 0.3) is 17.7 Å². The molecule has 136 valence electrons. The van der Waals surface area contributed by atoms with E-state index in [4.69, 9.17) is 5.73 Å². The van der Waals surface area contributed by atoms with E-state index in [1.165, 1.54) is 6.07 Å². The molecule has 3 amide bonds. The van der Waals surface area contributed by atoms with Gasteiger partial charge < -0.3 is 20.9 Å². The number of benzene rings is 1. The average molecular weight is 363 g/mol. The first kappa shape index (κ1) is 16.8. The number of fused-ring (bicyclic) bond motifs is 3. The van der Waals surface area contributed by atoms with Crippen molar-refractivity contribution in [3.8, 4) is 0 Å². The summed E-state index contributed by atoms with van der Waals surface area (Å²) in [6.45, 7) is 2.47. The molecule has 1 aliphatic heterocycles. The predicted molar refractivity (Wildman–Crippen MR) is 99.7 cm³/mol. The minimum absolute atomic E-state index is 0.0246. The van der Waals surface area contributed by atoms with Crippen molar-refractivity contribution in [2.45, 2.75) is 13.0 Å². The van der Waals surface area contributed by atoms with Gasteiger partial charge in [-0.2, -0.15) is 0 Å². The molecule has 0 bridgehead atoms. The highest BCUT2D eigenvalue weighted by Gasteiger charge is 2.25. The fourth-order valence-electron chi connectivity index (χ4n) is 3.26. The number of nitrogens with two attached hydrogens (primary N) is 1. The van der Waals surface area contributed by atoms with Crippen LogP contribution in [-0.4, -0.2) is 33.8 Å². The summed E-state index contributed by atoms with van der Waals surface area (Å²) in [5, 5.41) is 6.28. The van der Waals surface area contributed by atoms with Crippen LogP contribution >= 0.6 is 0 Å². The molecule has 0 spiro atoms. The number of anilines is 1. The average Bonchev–Trinajstić information content (AvgIpc) is 3.05. The summed E-state index contributed by atoms with van der Waals surface area (Å²) in [7, 11) is 0. The Bertz CT molecular complexity index is 1100. The smallest absolute Gasteiger partial charge is 0.274 e. The highest BCUT2D eigenvalue weighted by Crippen LogP contribution is 2.26. The maximum Gasteiger partial charge on any atom is 0.274 e. The fraction of sp³-hybridized carbons (Fsp3) is 0.158. The Balaban J connectivity index is 1.73. The van der Waals surface area contributed by atoms with Crippen LogP contribution in [0.25, 0.3) is 11.0 Å². The standard InChI is InChI=1S/C19H17N5O3/c1-10-9-21-19(27)15-8-11-6-7-14(22-17(11)24(10)15)18(26)23-13-5-3-2-4-12(13)16(20)25/h2-8,10H,9H2,1H3,(H2,20,25)(H,21,27)(H,23,26). The molecule has 3 heterocycles. The van der Waals surface area contributed by atoms with Crippen LogP contribution in [0.1, 0.15) is 44.3 Å². The zero-order valence-electron chi connectivity index (χ0n) is 14.5. The van der Waals surface area contributed by atoms with Gasteiger partial charge in [0.05, 0.1) is 17.3 Å². The minimum Gasteiger partial charge on any atom is -0.366 e. The summed E-state index contributed by atoms with van der Waals surface area (Å²) in [4.78, 5) is 40.7. The maximum atomic E-state index is 12.7. The monoisotopic (exact) mass is 363 g/mol. The topological polar surface area (TPSA) is 119 Å². The number of primary amides is 1. The molecule has 0 saturated heterocycles. The molecule has 0 fully saturated rings. The molecule has 0 radical (unpaired) electrons. The number of pyridine rings is 1. The van der Waals surface area contributed by atoms with Gasteiger partial charge in [-0.3, -0.25) is 14.4 Å². The Kier molecular flexibility index (Phi) is 3.88. The van der Waals surface area contributed by atoms with Crippen LogP contribution in [0, 0.1) is 0 Å². The Hall–Kier alpha value is -3.68. The van der Waals surface area contributed by atoms with Gasteiger partial charge in [0.2, 0.25) is 0 Å². The molecule has 3 aromatic rings. The first-order valence-corrected chi connectivity index (χ1v) is 8.46. The third-order valence-electron chi connectivity index (χ3n) is 4.59. The van der Waals surface area contributed by atoms with Gasteiger partial charge in [0.15, 0.2) is 0 Å². The third-order valence-corrected chi connectivity index (χ3v) is 4.59. The molecule has 0 aliphatic carbocycles. The predicted octanol–water partition coefficient (Wildman–Crippen LogP) is 1.69. The van der Waals surface area contributed by atoms with Crippen LogP contribution < -0.4 is 16.4 Å². The Labute approximate surface area is 154 Å². The lowest BCUT2D eigenvalue weighted by Crippen LogP contribution is -2.37. The molecule has 4 N–H and O–H groups in total. The van der Waals surface area contributed by atoms with Gasteiger partial charge in [-0.1, -0.05) is 12.1 Å². The third kappa shape index (κ3) is 2.80. The van der Waals surface area contributed by atoms with E-state index >= 15 is 0 Å². The summed E-state index contributed by atoms with van der Waals surface area (Å²) < 4.78 is 1.84. The molecule has 0 saturated carbocycles. The fourth-order valence-corrected chi connectivity index (χ4v) is 3.26. The van der Waals surface area contributed by atoms with Gasteiger partial charge in [0, 0.05) is 11.9 Å². The van der Waals surface area contributed by atoms with E-state index in [-0.39, 0.29) is 23.2 Å². The van der Waals surface area contributed by atoms with Crippen LogP contribution in [0.2, 0.25) is 0 Å². The van der Waals surface area contributed by atoms with Crippen molar-refractivity contribution in [1.29, 1.82) is 0 Å². The lowest BCUT2D eigenvalue weighted by atomic mass is 10.1. The second-order valence-electron chi connectivity index (χ2n) is 6.43. The van der Waals surface area contributed by atoms with E-state index in [0.29, 0.717) is 23.6 Å². The van der Waals surface area contributed by atoms with Gasteiger partial charge in [-0.25, -0.2) is 4.98 Å². The number of rotatable bonds is 3. The molecule has 1 unspecified atom stereocenters. The quantitative estimate of drug-likeness (QED) is 0.656. The lowest BCUT2D eigenvalue weighted by Gasteiger charge is -2.23. The molecular weight excluding hydrogens is 346 g/mol. The Morgan fingerprint density at radius 2 is 2.04 bits per heavy atom. The molecule has 2 aromatic heterocycles. The van der Waals surface area contributed by atoms with Crippen LogP contribution in [0.15, 0.2) is 42.5 Å². The van der Waals surface area contributed by atoms with Crippen molar-refractivity contribution in [2.24, 2.45) is 5.73 Å². The van der Waals surface area contributed by atoms with Crippen LogP contribution in [0.3, 0.4) is 0 Å². The second-order valence-corrected chi connectivity index (χ2v) is 6.43. The minimum atomic E-state index is -0.630. The van der Waals surface area contributed by atoms with Crippen LogP contribution in [0.5, 0.6) is 0 Å². The van der Waals surface area contributed by atoms with Crippen molar-refractivity contribution < 1.29 is 14.4 Å². The maximum absolute atomic E-state index is 12.7. The van der Waals surface area contributed by atoms with E-state index in [1.807, 2.05) is 11.5 Å². The van der Waals surface area contributed by atoms with Gasteiger partial charge >= 0.3 is 0 Å². The summed E-state index contributed by atoms with van der Waals surface area (Å²) in [5.74, 6) is -1.25. The molecule has 4 rings (SSSR count). The number of amides is 3. The largest absolute Gasteiger partial charge is 0.366 e. The molecule has 1 aliphatic rings. The summed E-state index contributed by atoms with van der Waals surface area (Å²) in [6.07, 6.45) is 0. The summed E-state index contributed by atoms with van der Waals surface area (Å²) in [6, 6.07) is 11.6. The molecule has 8 nitrogen and oxygen atoms in total. The van der Waals surface area contributed by atoms with E-state index in [2.05, 4.69) is 15.6 Å². The normalized spacial score (nSPS) is 15.9. The number of para-hydroxylation sites is 1. The summed E-state index contributed by atoms with van der Waals surface area (Å²) in [5.41, 5.74) is 7.16. The molecular formula is C19H17N5O3. The zero-order valence-corrected chi connectivity index (χ0v) is 14.5. The second kappa shape index (κ2) is 6.24. The van der Waals surface area contributed by atoms with Gasteiger partial charge in [0.1, 0.15) is 17.0 Å². The number of hydrogen-bond acceptors (Lipinski definition) is 4. The van der Waals surface area contributed by atoms with Crippen molar-refractivity contribution >= 4 is 34.4 Å². The number of carbonyl (C=O) groups is 3. The van der Waals surface area contributed by atoms with Gasteiger partial charge in [-0.05, 0) is 37.3 Å². The number of nitrogens with zero attached hydrogens (tertiary/aromatic N) is 2. The summed E-state index contributed by atoms with van der Waals surface area (Å²) >= 11 is 0. The highest BCUT2D eigenvalue weighted by molar-refractivity contribution is 6.08. The van der Waals surface area contributed by atoms with Crippen molar-refractivity contribution in [2.75, 3.05) is 11.9 Å². The van der Waals surface area contributed by atoms with Crippen molar-refractivity contribution in [3.63, 3.8) is 0 Å². The van der Waals surface area contributed by atoms with Crippen molar-refractivity contribution in [3.05, 3.63) is 59.4 Å². The molecule has 1 atom stereocenters. The number of aromatic nitrogens is 2. The first-order chi connectivity index (χ1) is 13.0. The number of nitrogens with one attached hydrogen (secondary N) is 2. The van der Waals surface area contributed by atoms with E-state index in [9.17, 15) is 14.4 Å². The molecule has 8 heteroatoms. The molecule has 27 heavy (non-hydrogen) atoms. The van der Waals surface area contributed by atoms with Crippen molar-refractivity contribution in [1.82, 2.24) is 14.9 Å². The van der Waals surface area contributed by atoms with Crippen LogP contribution in [0.4, 0.5) is 5.69 Å². The van der Waals surface area contributed by atoms with E-state index in [0.717, 1.165) is 5.39 Å². The van der Waals surface area contributed by atoms with E-state index in [1.54, 1.807) is 36.4 Å². The Morgan fingerprint density at radius 1 is 1.26 bits per heavy atom. The zero-order chi connectivity index (χ0) is 19.1. The Morgan fingerprint density at radius 3 is 2.81 bits per heavy atom. The first-order valence-electron chi connectivity index (χ1n) is 8.46. The highest BCUT2D eigenvalue weighted by atomic mass is 16.2. The number of carbonyl (C=O) groups excluding carboxylic acids is 3. The lowest BCUT2D eigenvalue weighted by molar-refractivity contribution is 0.0918. The molecule has 1 aromatic carbocycles. The number of hydrogen-bond donors (Lipinski definition) is 3.